The van der Waals surface area contributed by atoms with Gasteiger partial charge in [0.15, 0.2) is 0 Å². The van der Waals surface area contributed by atoms with Gasteiger partial charge in [0.1, 0.15) is 0 Å². The molecule has 0 aliphatic heterocycles. The molecule has 0 radical (unpaired) electrons. The van der Waals surface area contributed by atoms with E-state index < -0.39 is 0 Å². The number of rotatable bonds is 6. The Balaban J connectivity index is 1.69. The Labute approximate surface area is 116 Å². The van der Waals surface area contributed by atoms with Crippen molar-refractivity contribution in [1.82, 2.24) is 15.1 Å². The van der Waals surface area contributed by atoms with E-state index in [1.165, 1.54) is 30.7 Å². The number of aromatic nitrogens is 2. The molecule has 0 saturated heterocycles. The average molecular weight is 261 g/mol. The second-order valence-electron chi connectivity index (χ2n) is 6.31. The molecule has 2 aliphatic carbocycles. The maximum absolute atomic E-state index is 4.58. The number of likely N-dealkylation sites (N-methyl/N-ethyl adjacent to an activating group) is 1. The summed E-state index contributed by atoms with van der Waals surface area (Å²) in [5, 5.41) is 8.32. The van der Waals surface area contributed by atoms with Crippen molar-refractivity contribution in [1.29, 1.82) is 0 Å². The fourth-order valence-electron chi connectivity index (χ4n) is 4.24. The minimum absolute atomic E-state index is 0.667. The van der Waals surface area contributed by atoms with Gasteiger partial charge in [-0.3, -0.25) is 4.68 Å². The molecule has 3 unspecified atom stereocenters. The Bertz CT molecular complexity index is 427. The third-order valence-corrected chi connectivity index (χ3v) is 5.22. The quantitative estimate of drug-likeness (QED) is 0.853. The molecule has 0 spiro atoms. The molecule has 0 aromatic carbocycles. The number of fused-ring (bicyclic) bond motifs is 1. The summed E-state index contributed by atoms with van der Waals surface area (Å²) in [4.78, 5) is 0. The van der Waals surface area contributed by atoms with Crippen LogP contribution >= 0.6 is 0 Å². The van der Waals surface area contributed by atoms with Gasteiger partial charge in [-0.15, -0.1) is 0 Å². The van der Waals surface area contributed by atoms with Gasteiger partial charge in [0.2, 0.25) is 0 Å². The molecule has 1 aromatic heterocycles. The van der Waals surface area contributed by atoms with E-state index in [2.05, 4.69) is 42.1 Å². The summed E-state index contributed by atoms with van der Waals surface area (Å²) in [6, 6.07) is 2.96. The molecule has 1 aromatic rings. The Kier molecular flexibility index (Phi) is 3.66. The van der Waals surface area contributed by atoms with Crippen LogP contribution in [0.5, 0.6) is 0 Å². The van der Waals surface area contributed by atoms with Crippen LogP contribution in [0.25, 0.3) is 0 Å². The SMILES string of the molecule is CCNC(Cc1cc(CC)nn1C)C1C2CCCC21. The molecule has 2 saturated carbocycles. The molecule has 3 rings (SSSR count). The zero-order valence-corrected chi connectivity index (χ0v) is 12.5. The maximum atomic E-state index is 4.58. The highest BCUT2D eigenvalue weighted by molar-refractivity contribution is 5.15. The normalized spacial score (nSPS) is 30.4. The van der Waals surface area contributed by atoms with Crippen molar-refractivity contribution in [3.05, 3.63) is 17.5 Å². The van der Waals surface area contributed by atoms with Crippen molar-refractivity contribution in [2.24, 2.45) is 24.8 Å². The number of nitrogens with one attached hydrogen (secondary N) is 1. The van der Waals surface area contributed by atoms with Crippen molar-refractivity contribution >= 4 is 0 Å². The topological polar surface area (TPSA) is 29.9 Å². The third kappa shape index (κ3) is 2.45. The summed E-state index contributed by atoms with van der Waals surface area (Å²) >= 11 is 0. The van der Waals surface area contributed by atoms with Crippen LogP contribution < -0.4 is 5.32 Å². The van der Waals surface area contributed by atoms with Crippen molar-refractivity contribution in [3.8, 4) is 0 Å². The molecular formula is C16H27N3. The van der Waals surface area contributed by atoms with Gasteiger partial charge in [0.05, 0.1) is 5.69 Å². The minimum Gasteiger partial charge on any atom is -0.314 e. The second kappa shape index (κ2) is 5.28. The van der Waals surface area contributed by atoms with E-state index in [1.54, 1.807) is 0 Å². The zero-order chi connectivity index (χ0) is 13.4. The predicted octanol–water partition coefficient (Wildman–Crippen LogP) is 2.55. The molecule has 1 heterocycles. The largest absolute Gasteiger partial charge is 0.314 e. The first-order valence-corrected chi connectivity index (χ1v) is 7.99. The average Bonchev–Trinajstić information content (AvgIpc) is 2.76. The lowest BCUT2D eigenvalue weighted by Gasteiger charge is -2.19. The maximum Gasteiger partial charge on any atom is 0.0624 e. The highest BCUT2D eigenvalue weighted by Crippen LogP contribution is 2.59. The molecule has 3 atom stereocenters. The molecule has 1 N–H and O–H groups in total. The fraction of sp³-hybridized carbons (Fsp3) is 0.812. The predicted molar refractivity (Wildman–Crippen MR) is 78.1 cm³/mol. The van der Waals surface area contributed by atoms with Crippen LogP contribution in [0.1, 0.15) is 44.5 Å². The van der Waals surface area contributed by atoms with Gasteiger partial charge in [-0.05, 0) is 49.6 Å². The van der Waals surface area contributed by atoms with Crippen molar-refractivity contribution in [2.75, 3.05) is 6.54 Å². The molecule has 3 nitrogen and oxygen atoms in total. The van der Waals surface area contributed by atoms with Crippen LogP contribution in [0.4, 0.5) is 0 Å². The van der Waals surface area contributed by atoms with E-state index in [4.69, 9.17) is 0 Å². The van der Waals surface area contributed by atoms with Crippen LogP contribution in [0.15, 0.2) is 6.07 Å². The Morgan fingerprint density at radius 1 is 1.37 bits per heavy atom. The van der Waals surface area contributed by atoms with E-state index in [0.717, 1.165) is 37.1 Å². The number of hydrogen-bond donors (Lipinski definition) is 1. The van der Waals surface area contributed by atoms with E-state index >= 15 is 0 Å². The molecule has 3 heteroatoms. The lowest BCUT2D eigenvalue weighted by atomic mass is 9.99. The summed E-state index contributed by atoms with van der Waals surface area (Å²) in [5.41, 5.74) is 2.62. The second-order valence-corrected chi connectivity index (χ2v) is 6.31. The van der Waals surface area contributed by atoms with Gasteiger partial charge < -0.3 is 5.32 Å². The monoisotopic (exact) mass is 261 g/mol. The summed E-state index contributed by atoms with van der Waals surface area (Å²) in [6.07, 6.45) is 6.60. The standard InChI is InChI=1S/C16H27N3/c1-4-11-9-12(19(3)18-11)10-15(17-5-2)16-13-7-6-8-14(13)16/h9,13-17H,4-8,10H2,1-3H3. The van der Waals surface area contributed by atoms with Gasteiger partial charge in [0, 0.05) is 25.2 Å². The molecule has 106 valence electrons. The summed E-state index contributed by atoms with van der Waals surface area (Å²) < 4.78 is 2.08. The van der Waals surface area contributed by atoms with Crippen LogP contribution in [0.2, 0.25) is 0 Å². The van der Waals surface area contributed by atoms with Gasteiger partial charge in [-0.2, -0.15) is 5.10 Å². The van der Waals surface area contributed by atoms with E-state index in [9.17, 15) is 0 Å². The van der Waals surface area contributed by atoms with Crippen molar-refractivity contribution in [2.45, 2.75) is 52.0 Å². The lowest BCUT2D eigenvalue weighted by molar-refractivity contribution is 0.403. The number of aryl methyl sites for hydroxylation is 2. The number of hydrogen-bond acceptors (Lipinski definition) is 2. The van der Waals surface area contributed by atoms with Crippen molar-refractivity contribution in [3.63, 3.8) is 0 Å². The Morgan fingerprint density at radius 2 is 2.11 bits per heavy atom. The highest BCUT2D eigenvalue weighted by atomic mass is 15.3. The third-order valence-electron chi connectivity index (χ3n) is 5.22. The molecular weight excluding hydrogens is 234 g/mol. The van der Waals surface area contributed by atoms with Gasteiger partial charge in [0.25, 0.3) is 0 Å². The van der Waals surface area contributed by atoms with Crippen LogP contribution in [-0.2, 0) is 19.9 Å². The Hall–Kier alpha value is -0.830. The van der Waals surface area contributed by atoms with Gasteiger partial charge >= 0.3 is 0 Å². The zero-order valence-electron chi connectivity index (χ0n) is 12.5. The van der Waals surface area contributed by atoms with Crippen LogP contribution in [0.3, 0.4) is 0 Å². The minimum atomic E-state index is 0.667. The molecule has 0 bridgehead atoms. The number of nitrogens with zero attached hydrogens (tertiary/aromatic N) is 2. The Morgan fingerprint density at radius 3 is 2.68 bits per heavy atom. The van der Waals surface area contributed by atoms with Gasteiger partial charge in [-0.1, -0.05) is 20.3 Å². The summed E-state index contributed by atoms with van der Waals surface area (Å²) in [6.45, 7) is 5.49. The van der Waals surface area contributed by atoms with Crippen molar-refractivity contribution < 1.29 is 0 Å². The van der Waals surface area contributed by atoms with Crippen LogP contribution in [0, 0.1) is 17.8 Å². The summed E-state index contributed by atoms with van der Waals surface area (Å²) in [7, 11) is 2.09. The lowest BCUT2D eigenvalue weighted by Crippen LogP contribution is -2.35. The highest BCUT2D eigenvalue weighted by Gasteiger charge is 2.55. The molecule has 2 fully saturated rings. The molecule has 2 aliphatic rings. The molecule has 0 amide bonds. The summed E-state index contributed by atoms with van der Waals surface area (Å²) in [5.74, 6) is 3.00. The van der Waals surface area contributed by atoms with E-state index in [1.807, 2.05) is 0 Å². The first-order chi connectivity index (χ1) is 9.24. The van der Waals surface area contributed by atoms with Crippen LogP contribution in [-0.4, -0.2) is 22.4 Å². The smallest absolute Gasteiger partial charge is 0.0624 e. The van der Waals surface area contributed by atoms with E-state index in [-0.39, 0.29) is 0 Å². The fourth-order valence-corrected chi connectivity index (χ4v) is 4.24. The first kappa shape index (κ1) is 13.2. The first-order valence-electron chi connectivity index (χ1n) is 7.99. The van der Waals surface area contributed by atoms with Gasteiger partial charge in [-0.25, -0.2) is 0 Å². The molecule has 19 heavy (non-hydrogen) atoms. The van der Waals surface area contributed by atoms with E-state index in [0.29, 0.717) is 6.04 Å².